The molecule has 1 fully saturated rings. The number of hydrogen-bond donors (Lipinski definition) is 1. The molecule has 15 nitrogen and oxygen atoms in total. The lowest BCUT2D eigenvalue weighted by Crippen LogP contribution is -2.63. The average molecular weight is 566 g/mol. The lowest BCUT2D eigenvalue weighted by molar-refractivity contribution is -0.288. The average Bonchev–Trinajstić information content (AvgIpc) is 2.83. The fraction of sp³-hybridized carbons (Fsp3) is 0.440. The summed E-state index contributed by atoms with van der Waals surface area (Å²) in [4.78, 5) is 70.7. The molecule has 2 heterocycles. The number of fused-ring (bicyclic) bond motifs is 1. The molecule has 1 aromatic heterocycles. The third-order valence-corrected chi connectivity index (χ3v) is 5.26. The van der Waals surface area contributed by atoms with Crippen molar-refractivity contribution in [2.24, 2.45) is 0 Å². The van der Waals surface area contributed by atoms with Crippen LogP contribution in [0.2, 0.25) is 0 Å². The standard InChI is InChI=1S/C25H26O15/c1-10(26)33-9-18-20(34-11(2)27)22(36-13(4)29)23(37-14(5)30)25(40-18)38-15-6-7-16-17(8-15)39-24(32)21(19(16)31)35-12(3)28/h6-8,18,20,22-23,25,31H,9H2,1-5H3/t18-,20-,22+,23+,25+/m1/s1. The van der Waals surface area contributed by atoms with Gasteiger partial charge in [0.15, 0.2) is 18.0 Å². The molecule has 40 heavy (non-hydrogen) atoms. The Morgan fingerprint density at radius 2 is 1.43 bits per heavy atom. The summed E-state index contributed by atoms with van der Waals surface area (Å²) in [6.07, 6.45) is -7.13. The highest BCUT2D eigenvalue weighted by molar-refractivity contribution is 5.87. The van der Waals surface area contributed by atoms with Crippen molar-refractivity contribution in [2.75, 3.05) is 6.61 Å². The highest BCUT2D eigenvalue weighted by Gasteiger charge is 2.53. The zero-order valence-corrected chi connectivity index (χ0v) is 22.0. The summed E-state index contributed by atoms with van der Waals surface area (Å²) in [6, 6.07) is 3.78. The predicted octanol–water partition coefficient (Wildman–Crippen LogP) is 0.886. The topological polar surface area (TPSA) is 200 Å². The molecule has 1 saturated heterocycles. The van der Waals surface area contributed by atoms with E-state index in [0.717, 1.165) is 34.6 Å². The van der Waals surface area contributed by atoms with Crippen LogP contribution in [0.3, 0.4) is 0 Å². The van der Waals surface area contributed by atoms with Crippen LogP contribution in [-0.2, 0) is 47.7 Å². The van der Waals surface area contributed by atoms with Gasteiger partial charge in [-0.25, -0.2) is 4.79 Å². The Kier molecular flexibility index (Phi) is 9.31. The molecule has 1 aliphatic heterocycles. The number of carbonyl (C=O) groups excluding carboxylic acids is 5. The monoisotopic (exact) mass is 566 g/mol. The van der Waals surface area contributed by atoms with Crippen molar-refractivity contribution in [1.29, 1.82) is 0 Å². The lowest BCUT2D eigenvalue weighted by Gasteiger charge is -2.43. The summed E-state index contributed by atoms with van der Waals surface area (Å²) < 4.78 is 42.5. The van der Waals surface area contributed by atoms with Gasteiger partial charge in [-0.2, -0.15) is 0 Å². The zero-order chi connectivity index (χ0) is 29.7. The molecule has 1 aromatic carbocycles. The first-order valence-electron chi connectivity index (χ1n) is 11.7. The maximum Gasteiger partial charge on any atom is 0.383 e. The van der Waals surface area contributed by atoms with Crippen molar-refractivity contribution in [2.45, 2.75) is 65.3 Å². The van der Waals surface area contributed by atoms with Crippen molar-refractivity contribution in [3.8, 4) is 17.2 Å². The first kappa shape index (κ1) is 29.9. The van der Waals surface area contributed by atoms with E-state index in [1.54, 1.807) is 0 Å². The summed E-state index contributed by atoms with van der Waals surface area (Å²) >= 11 is 0. The number of ether oxygens (including phenoxy) is 7. The van der Waals surface area contributed by atoms with Crippen LogP contribution in [0.1, 0.15) is 34.6 Å². The highest BCUT2D eigenvalue weighted by Crippen LogP contribution is 2.35. The van der Waals surface area contributed by atoms with E-state index < -0.39 is 84.3 Å². The summed E-state index contributed by atoms with van der Waals surface area (Å²) in [5.74, 6) is -5.39. The molecule has 216 valence electrons. The molecular formula is C25H26O15. The van der Waals surface area contributed by atoms with E-state index in [0.29, 0.717) is 0 Å². The second-order valence-corrected chi connectivity index (χ2v) is 8.50. The van der Waals surface area contributed by atoms with E-state index in [2.05, 4.69) is 0 Å². The smallest absolute Gasteiger partial charge is 0.383 e. The van der Waals surface area contributed by atoms with Crippen molar-refractivity contribution in [3.05, 3.63) is 28.6 Å². The highest BCUT2D eigenvalue weighted by atomic mass is 16.7. The van der Waals surface area contributed by atoms with Crippen LogP contribution < -0.4 is 15.1 Å². The quantitative estimate of drug-likeness (QED) is 0.268. The first-order chi connectivity index (χ1) is 18.8. The fourth-order valence-corrected chi connectivity index (χ4v) is 3.87. The molecule has 0 saturated carbocycles. The Labute approximate surface area is 225 Å². The molecular weight excluding hydrogens is 540 g/mol. The Morgan fingerprint density at radius 3 is 2.00 bits per heavy atom. The number of rotatable bonds is 8. The fourth-order valence-electron chi connectivity index (χ4n) is 3.87. The van der Waals surface area contributed by atoms with E-state index in [-0.39, 0.29) is 16.7 Å². The normalized spacial score (nSPS) is 22.1. The van der Waals surface area contributed by atoms with E-state index in [1.807, 2.05) is 0 Å². The van der Waals surface area contributed by atoms with Gasteiger partial charge >= 0.3 is 35.5 Å². The molecule has 3 rings (SSSR count). The second kappa shape index (κ2) is 12.5. The molecule has 0 amide bonds. The molecule has 1 N–H and O–H groups in total. The van der Waals surface area contributed by atoms with Crippen molar-refractivity contribution >= 4 is 40.8 Å². The van der Waals surface area contributed by atoms with Gasteiger partial charge in [0.1, 0.15) is 24.0 Å². The molecule has 0 bridgehead atoms. The van der Waals surface area contributed by atoms with Crippen LogP contribution in [-0.4, -0.2) is 72.3 Å². The van der Waals surface area contributed by atoms with Crippen LogP contribution in [0.15, 0.2) is 27.4 Å². The van der Waals surface area contributed by atoms with Crippen LogP contribution in [0.25, 0.3) is 11.0 Å². The predicted molar refractivity (Wildman–Crippen MR) is 128 cm³/mol. The first-order valence-corrected chi connectivity index (χ1v) is 11.7. The molecule has 0 unspecified atom stereocenters. The largest absolute Gasteiger partial charge is 0.504 e. The second-order valence-electron chi connectivity index (χ2n) is 8.50. The zero-order valence-electron chi connectivity index (χ0n) is 22.0. The molecule has 1 aliphatic rings. The summed E-state index contributed by atoms with van der Waals surface area (Å²) in [5, 5.41) is 10.4. The van der Waals surface area contributed by atoms with Crippen LogP contribution in [0, 0.1) is 0 Å². The number of carbonyl (C=O) groups is 5. The van der Waals surface area contributed by atoms with E-state index in [1.165, 1.54) is 18.2 Å². The van der Waals surface area contributed by atoms with Crippen LogP contribution in [0.5, 0.6) is 17.2 Å². The van der Waals surface area contributed by atoms with E-state index in [9.17, 15) is 33.9 Å². The summed E-state index contributed by atoms with van der Waals surface area (Å²) in [7, 11) is 0. The summed E-state index contributed by atoms with van der Waals surface area (Å²) in [6.45, 7) is 4.94. The summed E-state index contributed by atoms with van der Waals surface area (Å²) in [5.41, 5.74) is -1.33. The van der Waals surface area contributed by atoms with Gasteiger partial charge in [0.05, 0.1) is 5.39 Å². The molecule has 2 aromatic rings. The Hall–Kier alpha value is -4.66. The van der Waals surface area contributed by atoms with Crippen LogP contribution >= 0.6 is 0 Å². The minimum Gasteiger partial charge on any atom is -0.504 e. The lowest BCUT2D eigenvalue weighted by atomic mass is 9.98. The molecule has 15 heteroatoms. The third kappa shape index (κ3) is 7.25. The van der Waals surface area contributed by atoms with Crippen molar-refractivity contribution < 1.29 is 66.7 Å². The Morgan fingerprint density at radius 1 is 0.825 bits per heavy atom. The molecule has 5 atom stereocenters. The van der Waals surface area contributed by atoms with Gasteiger partial charge in [-0.3, -0.25) is 24.0 Å². The molecule has 0 radical (unpaired) electrons. The maximum absolute atomic E-state index is 12.2. The van der Waals surface area contributed by atoms with Gasteiger partial charge in [0.25, 0.3) is 5.75 Å². The van der Waals surface area contributed by atoms with Crippen LogP contribution in [0.4, 0.5) is 0 Å². The number of hydrogen-bond acceptors (Lipinski definition) is 15. The van der Waals surface area contributed by atoms with Gasteiger partial charge in [0.2, 0.25) is 12.4 Å². The molecule has 0 aliphatic carbocycles. The minimum atomic E-state index is -1.54. The third-order valence-electron chi connectivity index (χ3n) is 5.26. The van der Waals surface area contributed by atoms with Gasteiger partial charge in [-0.1, -0.05) is 0 Å². The van der Waals surface area contributed by atoms with Gasteiger partial charge < -0.3 is 42.7 Å². The van der Waals surface area contributed by atoms with E-state index >= 15 is 0 Å². The maximum atomic E-state index is 12.2. The Bertz CT molecular complexity index is 1380. The van der Waals surface area contributed by atoms with Crippen molar-refractivity contribution in [1.82, 2.24) is 0 Å². The number of esters is 5. The van der Waals surface area contributed by atoms with E-state index in [4.69, 9.17) is 37.6 Å². The number of benzene rings is 1. The van der Waals surface area contributed by atoms with Gasteiger partial charge in [-0.15, -0.1) is 0 Å². The van der Waals surface area contributed by atoms with Gasteiger partial charge in [0, 0.05) is 40.7 Å². The van der Waals surface area contributed by atoms with Gasteiger partial charge in [-0.05, 0) is 12.1 Å². The SMILES string of the molecule is CC(=O)OC[C@H]1O[C@H](Oc2ccc3c(O)c(OC(C)=O)c(=O)oc3c2)[C@@H](OC(C)=O)[C@@H](OC(C)=O)[C@@H]1OC(C)=O. The Balaban J connectivity index is 2.04. The minimum absolute atomic E-state index is 0.00950. The number of aromatic hydroxyl groups is 1. The molecule has 0 spiro atoms. The van der Waals surface area contributed by atoms with Crippen molar-refractivity contribution in [3.63, 3.8) is 0 Å².